The summed E-state index contributed by atoms with van der Waals surface area (Å²) in [6, 6.07) is 19.4. The number of anilines is 2. The summed E-state index contributed by atoms with van der Waals surface area (Å²) in [5, 5.41) is 21.2. The lowest BCUT2D eigenvalue weighted by atomic mass is 10.1. The summed E-state index contributed by atoms with van der Waals surface area (Å²) in [5.41, 5.74) is 1.58. The molecule has 11 heteroatoms. The van der Waals surface area contributed by atoms with Gasteiger partial charge in [0.1, 0.15) is 23.5 Å². The number of pyridine rings is 1. The fourth-order valence-corrected chi connectivity index (χ4v) is 4.04. The Morgan fingerprint density at radius 2 is 1.79 bits per heavy atom. The van der Waals surface area contributed by atoms with E-state index < -0.39 is 23.8 Å². The van der Waals surface area contributed by atoms with Crippen LogP contribution in [-0.4, -0.2) is 34.5 Å². The zero-order chi connectivity index (χ0) is 27.4. The van der Waals surface area contributed by atoms with Crippen LogP contribution in [-0.2, 0) is 4.74 Å². The monoisotopic (exact) mass is 550 g/mol. The SMILES string of the molecule is CC(C)(C)OC(=O)Nc1nc(-c2ccc(Cl)c(C(=O)NC3CC(C#N)=NN3c3ccccc3)c2)ccc1Cl. The topological polar surface area (TPSA) is 120 Å². The molecule has 4 rings (SSSR count). The number of nitrogens with one attached hydrogen (secondary N) is 2. The van der Waals surface area contributed by atoms with Crippen molar-refractivity contribution in [3.8, 4) is 17.3 Å². The summed E-state index contributed by atoms with van der Waals surface area (Å²) < 4.78 is 5.28. The second-order valence-corrected chi connectivity index (χ2v) is 10.2. The number of halogens is 2. The molecule has 9 nitrogen and oxygen atoms in total. The highest BCUT2D eigenvalue weighted by molar-refractivity contribution is 6.34. The molecule has 0 saturated carbocycles. The number of rotatable bonds is 5. The summed E-state index contributed by atoms with van der Waals surface area (Å²) in [4.78, 5) is 30.0. The molecular weight excluding hydrogens is 527 g/mol. The predicted octanol–water partition coefficient (Wildman–Crippen LogP) is 6.25. The third-order valence-corrected chi connectivity index (χ3v) is 5.96. The number of nitrogens with zero attached hydrogens (tertiary/aromatic N) is 4. The standard InChI is InChI=1S/C27H24Cl2N6O3/c1-27(2,3)38-26(37)33-24-21(29)11-12-22(31-24)16-9-10-20(28)19(13-16)25(36)32-23-14-17(15-30)34-35(23)18-7-5-4-6-8-18/h4-13,23H,14H2,1-3H3,(H,32,36)(H,31,33,37). The Morgan fingerprint density at radius 1 is 1.08 bits per heavy atom. The lowest BCUT2D eigenvalue weighted by molar-refractivity contribution is 0.0635. The lowest BCUT2D eigenvalue weighted by Crippen LogP contribution is -2.43. The third-order valence-electron chi connectivity index (χ3n) is 5.33. The number of carbonyl (C=O) groups excluding carboxylic acids is 2. The van der Waals surface area contributed by atoms with Crippen LogP contribution in [0.15, 0.2) is 65.8 Å². The molecule has 0 spiro atoms. The molecule has 1 aliphatic heterocycles. The summed E-state index contributed by atoms with van der Waals surface area (Å²) in [5.74, 6) is -0.330. The minimum Gasteiger partial charge on any atom is -0.444 e. The second-order valence-electron chi connectivity index (χ2n) is 9.38. The molecule has 2 aromatic carbocycles. The van der Waals surface area contributed by atoms with Gasteiger partial charge in [0.05, 0.1) is 27.0 Å². The van der Waals surface area contributed by atoms with Gasteiger partial charge in [0.15, 0.2) is 5.82 Å². The number of carbonyl (C=O) groups is 2. The molecule has 1 aromatic heterocycles. The van der Waals surface area contributed by atoms with Gasteiger partial charge in [0.2, 0.25) is 0 Å². The minimum absolute atomic E-state index is 0.116. The molecule has 0 fully saturated rings. The summed E-state index contributed by atoms with van der Waals surface area (Å²) in [6.07, 6.45) is -1.02. The highest BCUT2D eigenvalue weighted by Gasteiger charge is 2.30. The quantitative estimate of drug-likeness (QED) is 0.387. The Morgan fingerprint density at radius 3 is 2.47 bits per heavy atom. The number of hydrazone groups is 1. The van der Waals surface area contributed by atoms with E-state index >= 15 is 0 Å². The van der Waals surface area contributed by atoms with E-state index in [2.05, 4.69) is 26.8 Å². The van der Waals surface area contributed by atoms with Crippen molar-refractivity contribution in [1.82, 2.24) is 10.3 Å². The van der Waals surface area contributed by atoms with Crippen LogP contribution in [0.4, 0.5) is 16.3 Å². The van der Waals surface area contributed by atoms with Crippen molar-refractivity contribution in [3.63, 3.8) is 0 Å². The Hall–Kier alpha value is -4.13. The van der Waals surface area contributed by atoms with Crippen LogP contribution in [0.2, 0.25) is 10.0 Å². The minimum atomic E-state index is -0.696. The zero-order valence-corrected chi connectivity index (χ0v) is 22.3. The Bertz CT molecular complexity index is 1450. The van der Waals surface area contributed by atoms with Crippen LogP contribution in [0, 0.1) is 11.3 Å². The summed E-state index contributed by atoms with van der Waals surface area (Å²) in [7, 11) is 0. The predicted molar refractivity (Wildman–Crippen MR) is 147 cm³/mol. The average Bonchev–Trinajstić information content (AvgIpc) is 3.28. The number of ether oxygens (including phenoxy) is 1. The number of benzene rings is 2. The van der Waals surface area contributed by atoms with Crippen molar-refractivity contribution in [1.29, 1.82) is 5.26 Å². The van der Waals surface area contributed by atoms with Gasteiger partial charge in [0.25, 0.3) is 5.91 Å². The average molecular weight is 551 g/mol. The van der Waals surface area contributed by atoms with Crippen LogP contribution in [0.5, 0.6) is 0 Å². The van der Waals surface area contributed by atoms with E-state index in [0.29, 0.717) is 17.0 Å². The molecule has 0 radical (unpaired) electrons. The van der Waals surface area contributed by atoms with Crippen molar-refractivity contribution in [2.24, 2.45) is 5.10 Å². The first-order valence-electron chi connectivity index (χ1n) is 11.6. The van der Waals surface area contributed by atoms with Crippen LogP contribution < -0.4 is 15.6 Å². The number of aromatic nitrogens is 1. The smallest absolute Gasteiger partial charge is 0.413 e. The maximum absolute atomic E-state index is 13.3. The first kappa shape index (κ1) is 26.9. The van der Waals surface area contributed by atoms with Gasteiger partial charge in [-0.15, -0.1) is 0 Å². The third kappa shape index (κ3) is 6.40. The molecule has 1 aliphatic rings. The van der Waals surface area contributed by atoms with E-state index in [4.69, 9.17) is 27.9 Å². The van der Waals surface area contributed by atoms with Gasteiger partial charge in [-0.3, -0.25) is 10.1 Å². The molecule has 0 aliphatic carbocycles. The van der Waals surface area contributed by atoms with E-state index in [1.165, 1.54) is 0 Å². The van der Waals surface area contributed by atoms with Crippen molar-refractivity contribution < 1.29 is 14.3 Å². The van der Waals surface area contributed by atoms with Crippen LogP contribution >= 0.6 is 23.2 Å². The number of para-hydroxylation sites is 1. The molecule has 194 valence electrons. The van der Waals surface area contributed by atoms with Crippen LogP contribution in [0.25, 0.3) is 11.3 Å². The maximum Gasteiger partial charge on any atom is 0.413 e. The first-order chi connectivity index (χ1) is 18.0. The summed E-state index contributed by atoms with van der Waals surface area (Å²) in [6.45, 7) is 5.24. The fraction of sp³-hybridized carbons (Fsp3) is 0.222. The van der Waals surface area contributed by atoms with Gasteiger partial charge in [-0.1, -0.05) is 47.5 Å². The van der Waals surface area contributed by atoms with Crippen LogP contribution in [0.3, 0.4) is 0 Å². The van der Waals surface area contributed by atoms with Crippen LogP contribution in [0.1, 0.15) is 37.6 Å². The molecule has 0 bridgehead atoms. The van der Waals surface area contributed by atoms with E-state index in [-0.39, 0.29) is 27.8 Å². The normalized spacial score (nSPS) is 14.9. The number of hydrogen-bond acceptors (Lipinski definition) is 7. The van der Waals surface area contributed by atoms with Gasteiger partial charge >= 0.3 is 6.09 Å². The van der Waals surface area contributed by atoms with Gasteiger partial charge < -0.3 is 10.1 Å². The van der Waals surface area contributed by atoms with Crippen molar-refractivity contribution in [2.75, 3.05) is 10.3 Å². The molecule has 38 heavy (non-hydrogen) atoms. The molecule has 1 atom stereocenters. The second kappa shape index (κ2) is 11.1. The van der Waals surface area contributed by atoms with E-state index in [1.54, 1.807) is 56.1 Å². The van der Waals surface area contributed by atoms with Crippen molar-refractivity contribution >= 4 is 52.4 Å². The van der Waals surface area contributed by atoms with Gasteiger partial charge in [0, 0.05) is 12.0 Å². The van der Waals surface area contributed by atoms with Gasteiger partial charge in [-0.05, 0) is 57.2 Å². The highest BCUT2D eigenvalue weighted by Crippen LogP contribution is 2.29. The zero-order valence-electron chi connectivity index (χ0n) is 20.8. The van der Waals surface area contributed by atoms with Gasteiger partial charge in [-0.25, -0.2) is 14.8 Å². The molecule has 1 unspecified atom stereocenters. The number of hydrogen-bond donors (Lipinski definition) is 2. The maximum atomic E-state index is 13.3. The Labute approximate surface area is 230 Å². The molecule has 2 amide bonds. The Kier molecular flexibility index (Phi) is 7.86. The number of nitriles is 1. The molecule has 2 N–H and O–H groups in total. The van der Waals surface area contributed by atoms with Crippen molar-refractivity contribution in [2.45, 2.75) is 39.0 Å². The molecular formula is C27H24Cl2N6O3. The highest BCUT2D eigenvalue weighted by atomic mass is 35.5. The molecule has 0 saturated heterocycles. The van der Waals surface area contributed by atoms with E-state index in [9.17, 15) is 14.9 Å². The molecule has 3 aromatic rings. The lowest BCUT2D eigenvalue weighted by Gasteiger charge is -2.24. The largest absolute Gasteiger partial charge is 0.444 e. The summed E-state index contributed by atoms with van der Waals surface area (Å²) >= 11 is 12.6. The fourth-order valence-electron chi connectivity index (χ4n) is 3.69. The Balaban J connectivity index is 1.57. The van der Waals surface area contributed by atoms with Crippen molar-refractivity contribution in [3.05, 3.63) is 76.3 Å². The molecule has 2 heterocycles. The van der Waals surface area contributed by atoms with Gasteiger partial charge in [-0.2, -0.15) is 10.4 Å². The first-order valence-corrected chi connectivity index (χ1v) is 12.4. The number of amides is 2. The van der Waals surface area contributed by atoms with E-state index in [1.807, 2.05) is 30.3 Å². The van der Waals surface area contributed by atoms with E-state index in [0.717, 1.165) is 5.69 Å².